The van der Waals surface area contributed by atoms with Crippen molar-refractivity contribution in [3.05, 3.63) is 72.3 Å². The third kappa shape index (κ3) is 12.1. The number of likely N-dealkylation sites (N-methyl/N-ethyl adjacent to an activating group) is 1. The van der Waals surface area contributed by atoms with Crippen LogP contribution in [0.2, 0.25) is 0 Å². The van der Waals surface area contributed by atoms with Crippen LogP contribution in [0.4, 0.5) is 24.5 Å². The standard InChI is InChI=1S/C21H24F3N3S.2C4H4O4/c1-25-12-14-26(15-13-25)10-5-11-27-17-7-2-3-9-19(17)28-20-16(21(22,23)24)6-4-8-18(20)27;2*5-3(6)1-2-4(7)8/h2-4,6-9H,5,10-15H2,1H3;2*1-2H,(H,5,6)(H,7,8)/b;2*2-1-. The molecular weight excluding hydrogens is 607 g/mol. The molecule has 11 nitrogen and oxygen atoms in total. The highest BCUT2D eigenvalue weighted by molar-refractivity contribution is 7.99. The molecule has 2 aromatic rings. The lowest BCUT2D eigenvalue weighted by molar-refractivity contribution is -0.139. The number of para-hydroxylation sites is 1. The van der Waals surface area contributed by atoms with Gasteiger partial charge in [0.2, 0.25) is 0 Å². The van der Waals surface area contributed by atoms with Crippen molar-refractivity contribution in [1.29, 1.82) is 0 Å². The second-order valence-corrected chi connectivity index (χ2v) is 10.4. The van der Waals surface area contributed by atoms with Crippen molar-refractivity contribution in [3.63, 3.8) is 0 Å². The van der Waals surface area contributed by atoms with Gasteiger partial charge < -0.3 is 35.1 Å². The molecule has 0 amide bonds. The van der Waals surface area contributed by atoms with E-state index in [4.69, 9.17) is 20.4 Å². The Morgan fingerprint density at radius 1 is 0.750 bits per heavy atom. The zero-order chi connectivity index (χ0) is 32.9. The number of piperazine rings is 1. The van der Waals surface area contributed by atoms with Gasteiger partial charge in [-0.05, 0) is 44.3 Å². The van der Waals surface area contributed by atoms with Gasteiger partial charge in [-0.15, -0.1) is 0 Å². The Balaban J connectivity index is 0.000000349. The molecule has 15 heteroatoms. The molecule has 2 aliphatic heterocycles. The number of hydrogen-bond acceptors (Lipinski definition) is 8. The summed E-state index contributed by atoms with van der Waals surface area (Å²) in [6.07, 6.45) is -1.20. The van der Waals surface area contributed by atoms with Crippen LogP contribution >= 0.6 is 11.8 Å². The maximum Gasteiger partial charge on any atom is 0.417 e. The largest absolute Gasteiger partial charge is 0.478 e. The van der Waals surface area contributed by atoms with E-state index in [9.17, 15) is 32.3 Å². The monoisotopic (exact) mass is 639 g/mol. The Hall–Kier alpha value is -4.34. The highest BCUT2D eigenvalue weighted by Gasteiger charge is 2.37. The SMILES string of the molecule is CN1CCN(CCCN2c3ccccc3Sc3c2cccc3C(F)(F)F)CC1.O=C(O)/C=C\C(=O)O.O=C(O)/C=C\C(=O)O. The van der Waals surface area contributed by atoms with Crippen LogP contribution in [0.3, 0.4) is 0 Å². The molecule has 238 valence electrons. The molecule has 2 heterocycles. The number of anilines is 2. The molecule has 0 aromatic heterocycles. The van der Waals surface area contributed by atoms with Crippen molar-refractivity contribution in [3.8, 4) is 0 Å². The van der Waals surface area contributed by atoms with Gasteiger partial charge in [-0.2, -0.15) is 13.2 Å². The summed E-state index contributed by atoms with van der Waals surface area (Å²) in [4.78, 5) is 46.2. The van der Waals surface area contributed by atoms with Gasteiger partial charge in [0.25, 0.3) is 0 Å². The van der Waals surface area contributed by atoms with Crippen LogP contribution in [0.1, 0.15) is 12.0 Å². The topological polar surface area (TPSA) is 159 Å². The molecule has 44 heavy (non-hydrogen) atoms. The predicted octanol–water partition coefficient (Wildman–Crippen LogP) is 4.37. The van der Waals surface area contributed by atoms with Gasteiger partial charge in [0.15, 0.2) is 0 Å². The number of carbonyl (C=O) groups is 4. The minimum atomic E-state index is -4.35. The van der Waals surface area contributed by atoms with E-state index in [0.717, 1.165) is 49.7 Å². The van der Waals surface area contributed by atoms with E-state index in [-0.39, 0.29) is 0 Å². The maximum absolute atomic E-state index is 13.6. The number of nitrogens with zero attached hydrogens (tertiary/aromatic N) is 3. The van der Waals surface area contributed by atoms with Gasteiger partial charge in [-0.25, -0.2) is 19.2 Å². The first-order valence-electron chi connectivity index (χ1n) is 13.1. The van der Waals surface area contributed by atoms with Crippen molar-refractivity contribution in [2.45, 2.75) is 22.4 Å². The fourth-order valence-electron chi connectivity index (χ4n) is 4.12. The van der Waals surface area contributed by atoms with Crippen LogP contribution < -0.4 is 4.90 Å². The predicted molar refractivity (Wildman–Crippen MR) is 156 cm³/mol. The van der Waals surface area contributed by atoms with E-state index in [1.165, 1.54) is 23.9 Å². The van der Waals surface area contributed by atoms with Gasteiger partial charge in [-0.1, -0.05) is 30.0 Å². The van der Waals surface area contributed by atoms with Gasteiger partial charge in [0, 0.05) is 66.8 Å². The minimum Gasteiger partial charge on any atom is -0.478 e. The molecule has 2 aromatic carbocycles. The van der Waals surface area contributed by atoms with E-state index in [1.807, 2.05) is 30.3 Å². The van der Waals surface area contributed by atoms with E-state index in [0.29, 0.717) is 41.4 Å². The number of rotatable bonds is 8. The smallest absolute Gasteiger partial charge is 0.417 e. The zero-order valence-corrected chi connectivity index (χ0v) is 24.4. The van der Waals surface area contributed by atoms with E-state index >= 15 is 0 Å². The average Bonchev–Trinajstić information content (AvgIpc) is 2.95. The second kappa shape index (κ2) is 17.1. The van der Waals surface area contributed by atoms with Crippen LogP contribution in [0.5, 0.6) is 0 Å². The first-order valence-corrected chi connectivity index (χ1v) is 13.9. The lowest BCUT2D eigenvalue weighted by atomic mass is 10.1. The van der Waals surface area contributed by atoms with Crippen LogP contribution in [-0.2, 0) is 25.4 Å². The lowest BCUT2D eigenvalue weighted by Gasteiger charge is -2.36. The number of carboxylic acid groups (broad SMARTS) is 4. The van der Waals surface area contributed by atoms with E-state index in [1.54, 1.807) is 0 Å². The number of hydrogen-bond donors (Lipinski definition) is 4. The molecule has 1 saturated heterocycles. The Morgan fingerprint density at radius 3 is 1.75 bits per heavy atom. The Bertz CT molecular complexity index is 1310. The first-order chi connectivity index (χ1) is 20.7. The molecule has 0 spiro atoms. The van der Waals surface area contributed by atoms with Gasteiger partial charge in [0.1, 0.15) is 0 Å². The average molecular weight is 640 g/mol. The summed E-state index contributed by atoms with van der Waals surface area (Å²) in [6, 6.07) is 12.3. The molecule has 0 aliphatic carbocycles. The third-order valence-corrected chi connectivity index (χ3v) is 7.35. The van der Waals surface area contributed by atoms with E-state index in [2.05, 4.69) is 21.7 Å². The molecule has 0 unspecified atom stereocenters. The molecule has 4 rings (SSSR count). The number of benzene rings is 2. The van der Waals surface area contributed by atoms with E-state index < -0.39 is 35.6 Å². The van der Waals surface area contributed by atoms with Crippen molar-refractivity contribution in [2.24, 2.45) is 0 Å². The Kier molecular flexibility index (Phi) is 13.9. The van der Waals surface area contributed by atoms with Crippen molar-refractivity contribution in [2.75, 3.05) is 51.2 Å². The molecule has 4 N–H and O–H groups in total. The quantitative estimate of drug-likeness (QED) is 0.303. The minimum absolute atomic E-state index is 0.313. The van der Waals surface area contributed by atoms with Crippen LogP contribution in [0, 0.1) is 0 Å². The van der Waals surface area contributed by atoms with Gasteiger partial charge in [0.05, 0.1) is 16.9 Å². The lowest BCUT2D eigenvalue weighted by Crippen LogP contribution is -2.45. The van der Waals surface area contributed by atoms with Crippen LogP contribution in [-0.4, -0.2) is 100 Å². The number of fused-ring (bicyclic) bond motifs is 2. The highest BCUT2D eigenvalue weighted by Crippen LogP contribution is 2.52. The second-order valence-electron chi connectivity index (χ2n) is 9.39. The van der Waals surface area contributed by atoms with Crippen molar-refractivity contribution in [1.82, 2.24) is 9.80 Å². The summed E-state index contributed by atoms with van der Waals surface area (Å²) in [5, 5.41) is 31.2. The normalized spacial score (nSPS) is 15.0. The third-order valence-electron chi connectivity index (χ3n) is 6.15. The fourth-order valence-corrected chi connectivity index (χ4v) is 5.35. The summed E-state index contributed by atoms with van der Waals surface area (Å²) < 4.78 is 40.7. The number of halogens is 3. The molecule has 0 atom stereocenters. The molecule has 0 bridgehead atoms. The number of carboxylic acids is 4. The molecular formula is C29H32F3N3O8S. The van der Waals surface area contributed by atoms with Crippen LogP contribution in [0.15, 0.2) is 76.6 Å². The van der Waals surface area contributed by atoms with Crippen molar-refractivity contribution < 1.29 is 52.8 Å². The summed E-state index contributed by atoms with van der Waals surface area (Å²) in [7, 11) is 2.13. The maximum atomic E-state index is 13.6. The van der Waals surface area contributed by atoms with Gasteiger partial charge in [-0.3, -0.25) is 0 Å². The van der Waals surface area contributed by atoms with Crippen LogP contribution in [0.25, 0.3) is 0 Å². The molecule has 0 saturated carbocycles. The zero-order valence-electron chi connectivity index (χ0n) is 23.6. The highest BCUT2D eigenvalue weighted by atomic mass is 32.2. The molecule has 0 radical (unpaired) electrons. The Morgan fingerprint density at radius 2 is 1.25 bits per heavy atom. The summed E-state index contributed by atoms with van der Waals surface area (Å²) >= 11 is 1.22. The molecule has 2 aliphatic rings. The first kappa shape index (κ1) is 35.9. The molecule has 1 fully saturated rings. The van der Waals surface area contributed by atoms with Crippen molar-refractivity contribution >= 4 is 47.0 Å². The summed E-state index contributed by atoms with van der Waals surface area (Å²) in [6.45, 7) is 5.92. The fraction of sp³-hybridized carbons (Fsp3) is 0.310. The number of alkyl halides is 3. The summed E-state index contributed by atoms with van der Waals surface area (Å²) in [5.41, 5.74) is 1.11. The van der Waals surface area contributed by atoms with Gasteiger partial charge >= 0.3 is 30.1 Å². The number of aliphatic carboxylic acids is 4. The Labute approximate surface area is 255 Å². The summed E-state index contributed by atoms with van der Waals surface area (Å²) in [5.74, 6) is -5.03.